The van der Waals surface area contributed by atoms with Gasteiger partial charge in [-0.3, -0.25) is 4.79 Å². The van der Waals surface area contributed by atoms with E-state index in [-0.39, 0.29) is 12.3 Å². The van der Waals surface area contributed by atoms with Crippen LogP contribution in [0.3, 0.4) is 0 Å². The van der Waals surface area contributed by atoms with Crippen molar-refractivity contribution in [2.24, 2.45) is 7.05 Å². The molecule has 0 radical (unpaired) electrons. The first kappa shape index (κ1) is 14.2. The molecule has 0 amide bonds. The van der Waals surface area contributed by atoms with Crippen LogP contribution in [0.5, 0.6) is 0 Å². The molecule has 0 aliphatic rings. The van der Waals surface area contributed by atoms with Crippen molar-refractivity contribution in [3.05, 3.63) is 72.1 Å². The zero-order valence-corrected chi connectivity index (χ0v) is 12.1. The summed E-state index contributed by atoms with van der Waals surface area (Å²) in [5.41, 5.74) is 1.32. The molecule has 3 rings (SSSR count). The van der Waals surface area contributed by atoms with E-state index in [0.29, 0.717) is 17.1 Å². The molecule has 2 aromatic heterocycles. The number of aromatic nitrogens is 4. The van der Waals surface area contributed by atoms with Gasteiger partial charge in [-0.1, -0.05) is 30.3 Å². The Labute approximate surface area is 127 Å². The fraction of sp³-hybridized carbons (Fsp3) is 0.188. The monoisotopic (exact) mass is 296 g/mol. The minimum Gasteiger partial charge on any atom is -0.380 e. The smallest absolute Gasteiger partial charge is 0.198 e. The third kappa shape index (κ3) is 2.68. The lowest BCUT2D eigenvalue weighted by Gasteiger charge is -2.12. The van der Waals surface area contributed by atoms with Gasteiger partial charge in [0.05, 0.1) is 12.2 Å². The van der Waals surface area contributed by atoms with Crippen molar-refractivity contribution in [3.63, 3.8) is 0 Å². The lowest BCUT2D eigenvalue weighted by Crippen LogP contribution is -2.17. The number of carbonyl (C=O) groups excluding carboxylic acids is 1. The van der Waals surface area contributed by atoms with Crippen LogP contribution in [-0.2, 0) is 13.6 Å². The highest BCUT2D eigenvalue weighted by Crippen LogP contribution is 2.19. The van der Waals surface area contributed by atoms with E-state index in [9.17, 15) is 9.90 Å². The predicted molar refractivity (Wildman–Crippen MR) is 80.3 cm³/mol. The first-order chi connectivity index (χ1) is 10.7. The molecule has 0 aliphatic carbocycles. The molecule has 112 valence electrons. The Morgan fingerprint density at radius 2 is 2.00 bits per heavy atom. The highest BCUT2D eigenvalue weighted by Gasteiger charge is 2.19. The zero-order chi connectivity index (χ0) is 15.5. The molecule has 0 spiro atoms. The van der Waals surface area contributed by atoms with Crippen molar-refractivity contribution < 1.29 is 9.90 Å². The highest BCUT2D eigenvalue weighted by molar-refractivity contribution is 5.94. The Morgan fingerprint density at radius 1 is 1.23 bits per heavy atom. The van der Waals surface area contributed by atoms with E-state index in [1.165, 1.54) is 6.33 Å². The average molecular weight is 296 g/mol. The van der Waals surface area contributed by atoms with Gasteiger partial charge in [0.1, 0.15) is 12.4 Å². The topological polar surface area (TPSA) is 72.9 Å². The van der Waals surface area contributed by atoms with Crippen LogP contribution in [-0.4, -0.2) is 30.2 Å². The van der Waals surface area contributed by atoms with Crippen molar-refractivity contribution >= 4 is 5.78 Å². The summed E-state index contributed by atoms with van der Waals surface area (Å²) in [7, 11) is 1.82. The van der Waals surface area contributed by atoms with E-state index in [0.717, 1.165) is 0 Å². The molecule has 3 aromatic rings. The number of hydrogen-bond acceptors (Lipinski definition) is 4. The van der Waals surface area contributed by atoms with Gasteiger partial charge in [-0.25, -0.2) is 0 Å². The van der Waals surface area contributed by atoms with Gasteiger partial charge in [0.15, 0.2) is 11.6 Å². The van der Waals surface area contributed by atoms with Gasteiger partial charge < -0.3 is 14.2 Å². The molecule has 0 fully saturated rings. The molecular formula is C16H16N4O2. The number of carbonyl (C=O) groups is 1. The van der Waals surface area contributed by atoms with Gasteiger partial charge >= 0.3 is 0 Å². The van der Waals surface area contributed by atoms with E-state index < -0.39 is 6.10 Å². The standard InChI is InChI=1S/C16H16N4O2/c1-19-9-5-8-13(19)14(21)10-20-11-17-18-16(20)15(22)12-6-3-2-4-7-12/h2-9,11,15,22H,10H2,1H3/t15-/m1/s1. The third-order valence-electron chi connectivity index (χ3n) is 3.55. The molecule has 1 atom stereocenters. The molecule has 6 nitrogen and oxygen atoms in total. The van der Waals surface area contributed by atoms with Crippen molar-refractivity contribution in [1.82, 2.24) is 19.3 Å². The number of aryl methyl sites for hydroxylation is 1. The van der Waals surface area contributed by atoms with Crippen LogP contribution in [0.4, 0.5) is 0 Å². The van der Waals surface area contributed by atoms with Crippen LogP contribution < -0.4 is 0 Å². The largest absolute Gasteiger partial charge is 0.380 e. The fourth-order valence-electron chi connectivity index (χ4n) is 2.37. The summed E-state index contributed by atoms with van der Waals surface area (Å²) in [4.78, 5) is 12.3. The molecule has 0 saturated carbocycles. The number of benzene rings is 1. The SMILES string of the molecule is Cn1cccc1C(=O)Cn1cnnc1[C@H](O)c1ccccc1. The molecule has 2 heterocycles. The zero-order valence-electron chi connectivity index (χ0n) is 12.1. The van der Waals surface area contributed by atoms with Crippen molar-refractivity contribution in [2.75, 3.05) is 0 Å². The number of aliphatic hydroxyl groups excluding tert-OH is 1. The summed E-state index contributed by atoms with van der Waals surface area (Å²) in [6, 6.07) is 12.8. The summed E-state index contributed by atoms with van der Waals surface area (Å²) in [6.07, 6.45) is 2.37. The van der Waals surface area contributed by atoms with Crippen molar-refractivity contribution in [1.29, 1.82) is 0 Å². The quantitative estimate of drug-likeness (QED) is 0.726. The first-order valence-electron chi connectivity index (χ1n) is 6.92. The van der Waals surface area contributed by atoms with E-state index in [1.54, 1.807) is 15.2 Å². The van der Waals surface area contributed by atoms with E-state index in [1.807, 2.05) is 49.6 Å². The van der Waals surface area contributed by atoms with Gasteiger partial charge in [0.2, 0.25) is 0 Å². The molecule has 0 saturated heterocycles. The number of ketones is 1. The Morgan fingerprint density at radius 3 is 2.68 bits per heavy atom. The van der Waals surface area contributed by atoms with Crippen molar-refractivity contribution in [2.45, 2.75) is 12.6 Å². The molecule has 0 aliphatic heterocycles. The van der Waals surface area contributed by atoms with E-state index >= 15 is 0 Å². The summed E-state index contributed by atoms with van der Waals surface area (Å²) in [5.74, 6) is 0.294. The number of aliphatic hydroxyl groups is 1. The summed E-state index contributed by atoms with van der Waals surface area (Å²) >= 11 is 0. The lowest BCUT2D eigenvalue weighted by atomic mass is 10.1. The third-order valence-corrected chi connectivity index (χ3v) is 3.55. The van der Waals surface area contributed by atoms with Gasteiger partial charge in [-0.2, -0.15) is 0 Å². The second-order valence-corrected chi connectivity index (χ2v) is 5.06. The maximum Gasteiger partial charge on any atom is 0.198 e. The molecular weight excluding hydrogens is 280 g/mol. The fourth-order valence-corrected chi connectivity index (χ4v) is 2.37. The second-order valence-electron chi connectivity index (χ2n) is 5.06. The van der Waals surface area contributed by atoms with Crippen LogP contribution >= 0.6 is 0 Å². The normalized spacial score (nSPS) is 12.3. The van der Waals surface area contributed by atoms with Gasteiger partial charge in [-0.15, -0.1) is 10.2 Å². The molecule has 22 heavy (non-hydrogen) atoms. The maximum absolute atomic E-state index is 12.3. The second kappa shape index (κ2) is 5.95. The minimum atomic E-state index is -0.912. The van der Waals surface area contributed by atoms with Crippen LogP contribution in [0.2, 0.25) is 0 Å². The van der Waals surface area contributed by atoms with E-state index in [4.69, 9.17) is 0 Å². The van der Waals surface area contributed by atoms with E-state index in [2.05, 4.69) is 10.2 Å². The van der Waals surface area contributed by atoms with Crippen LogP contribution in [0.15, 0.2) is 55.0 Å². The number of nitrogens with zero attached hydrogens (tertiary/aromatic N) is 4. The minimum absolute atomic E-state index is 0.0613. The molecule has 6 heteroatoms. The number of Topliss-reactive ketones (excluding diaryl/α,β-unsaturated/α-hetero) is 1. The lowest BCUT2D eigenvalue weighted by molar-refractivity contribution is 0.0959. The number of hydrogen-bond donors (Lipinski definition) is 1. The first-order valence-corrected chi connectivity index (χ1v) is 6.92. The Balaban J connectivity index is 1.84. The maximum atomic E-state index is 12.3. The predicted octanol–water partition coefficient (Wildman–Crippen LogP) is 1.58. The Kier molecular flexibility index (Phi) is 3.84. The highest BCUT2D eigenvalue weighted by atomic mass is 16.3. The molecule has 0 bridgehead atoms. The van der Waals surface area contributed by atoms with Gasteiger partial charge in [0, 0.05) is 13.2 Å². The summed E-state index contributed by atoms with van der Waals surface area (Å²) < 4.78 is 3.34. The Bertz CT molecular complexity index is 776. The van der Waals surface area contributed by atoms with Crippen LogP contribution in [0, 0.1) is 0 Å². The van der Waals surface area contributed by atoms with Crippen LogP contribution in [0.25, 0.3) is 0 Å². The summed E-state index contributed by atoms with van der Waals surface area (Å²) in [6.45, 7) is 0.0874. The molecule has 0 unspecified atom stereocenters. The van der Waals surface area contributed by atoms with Crippen LogP contribution in [0.1, 0.15) is 28.0 Å². The molecule has 1 aromatic carbocycles. The van der Waals surface area contributed by atoms with Crippen molar-refractivity contribution in [3.8, 4) is 0 Å². The average Bonchev–Trinajstić information content (AvgIpc) is 3.16. The van der Waals surface area contributed by atoms with Gasteiger partial charge in [-0.05, 0) is 17.7 Å². The Hall–Kier alpha value is -2.73. The number of rotatable bonds is 5. The molecule has 1 N–H and O–H groups in total. The van der Waals surface area contributed by atoms with Gasteiger partial charge in [0.25, 0.3) is 0 Å². The summed E-state index contributed by atoms with van der Waals surface area (Å²) in [5, 5.41) is 18.2.